The average molecular weight is 456 g/mol. The molecule has 2 aromatic carbocycles. The summed E-state index contributed by atoms with van der Waals surface area (Å²) in [5, 5.41) is 0.376. The van der Waals surface area contributed by atoms with Crippen LogP contribution in [0, 0.1) is 17.0 Å². The average Bonchev–Trinajstić information content (AvgIpc) is 3.06. The molecule has 2 fully saturated rings. The predicted octanol–water partition coefficient (Wildman–Crippen LogP) is 4.14. The maximum atomic E-state index is 15.4. The maximum absolute atomic E-state index is 15.4. The summed E-state index contributed by atoms with van der Waals surface area (Å²) in [5.74, 6) is -1.96. The van der Waals surface area contributed by atoms with Gasteiger partial charge in [0.15, 0.2) is 21.4 Å². The molecule has 5 nitrogen and oxygen atoms in total. The highest BCUT2D eigenvalue weighted by atomic mass is 35.5. The van der Waals surface area contributed by atoms with E-state index in [-0.39, 0.29) is 35.8 Å². The third-order valence-electron chi connectivity index (χ3n) is 7.09. The van der Waals surface area contributed by atoms with Crippen LogP contribution in [0.2, 0.25) is 5.02 Å². The highest BCUT2D eigenvalue weighted by Gasteiger charge is 2.75. The SMILES string of the molecule is CC12CCCC3(S(=O)(=O)c4ccc(Cl)cc4)c4c(F)ccc(F)c4OCC13NOC2. The predicted molar refractivity (Wildman–Crippen MR) is 106 cm³/mol. The number of sulfone groups is 1. The number of rotatable bonds is 2. The van der Waals surface area contributed by atoms with E-state index in [9.17, 15) is 12.8 Å². The van der Waals surface area contributed by atoms with E-state index in [1.807, 2.05) is 6.92 Å². The summed E-state index contributed by atoms with van der Waals surface area (Å²) in [7, 11) is -4.24. The zero-order valence-electron chi connectivity index (χ0n) is 16.2. The van der Waals surface area contributed by atoms with E-state index in [0.29, 0.717) is 17.9 Å². The number of hydrogen-bond acceptors (Lipinski definition) is 5. The molecule has 3 aliphatic rings. The van der Waals surface area contributed by atoms with Crippen LogP contribution in [-0.4, -0.2) is 27.2 Å². The smallest absolute Gasteiger partial charge is 0.190 e. The van der Waals surface area contributed by atoms with E-state index in [4.69, 9.17) is 21.2 Å². The van der Waals surface area contributed by atoms with Gasteiger partial charge in [-0.05, 0) is 49.2 Å². The van der Waals surface area contributed by atoms with Crippen LogP contribution in [0.15, 0.2) is 41.3 Å². The van der Waals surface area contributed by atoms with Crippen molar-refractivity contribution in [1.82, 2.24) is 5.48 Å². The molecule has 1 saturated heterocycles. The third kappa shape index (κ3) is 2.25. The minimum atomic E-state index is -4.24. The number of hydroxylamine groups is 1. The minimum Gasteiger partial charge on any atom is -0.488 e. The Balaban J connectivity index is 1.90. The Morgan fingerprint density at radius 3 is 2.47 bits per heavy atom. The molecule has 3 unspecified atom stereocenters. The van der Waals surface area contributed by atoms with Crippen LogP contribution in [0.4, 0.5) is 8.78 Å². The third-order valence-corrected chi connectivity index (χ3v) is 9.91. The van der Waals surface area contributed by atoms with Gasteiger partial charge in [-0.25, -0.2) is 17.2 Å². The summed E-state index contributed by atoms with van der Waals surface area (Å²) in [5.41, 5.74) is 0.681. The first-order valence-electron chi connectivity index (χ1n) is 9.69. The van der Waals surface area contributed by atoms with Crippen molar-refractivity contribution in [2.24, 2.45) is 5.41 Å². The summed E-state index contributed by atoms with van der Waals surface area (Å²) in [6.07, 6.45) is 1.26. The lowest BCUT2D eigenvalue weighted by Crippen LogP contribution is -2.74. The molecule has 1 aliphatic carbocycles. The standard InChI is InChI=1S/C21H20ClF2NO4S/c1-19-9-2-10-20(30(26,27)14-5-3-13(22)4-6-14)17-15(23)7-8-16(24)18(17)28-12-21(19,20)25-29-11-19/h3-8,25H,2,9-12H2,1H3. The van der Waals surface area contributed by atoms with E-state index in [1.165, 1.54) is 24.3 Å². The molecule has 3 atom stereocenters. The number of halogens is 3. The second kappa shape index (κ2) is 6.38. The van der Waals surface area contributed by atoms with E-state index in [0.717, 1.165) is 12.1 Å². The topological polar surface area (TPSA) is 64.6 Å². The fourth-order valence-electron chi connectivity index (χ4n) is 5.56. The van der Waals surface area contributed by atoms with Crippen molar-refractivity contribution in [2.45, 2.75) is 41.4 Å². The molecule has 2 aliphatic heterocycles. The maximum Gasteiger partial charge on any atom is 0.190 e. The molecule has 2 heterocycles. The van der Waals surface area contributed by atoms with Crippen LogP contribution < -0.4 is 10.2 Å². The van der Waals surface area contributed by atoms with E-state index < -0.39 is 37.2 Å². The van der Waals surface area contributed by atoms with Gasteiger partial charge in [-0.2, -0.15) is 5.48 Å². The number of hydrogen-bond donors (Lipinski definition) is 1. The summed E-state index contributed by atoms with van der Waals surface area (Å²) >= 11 is 5.96. The van der Waals surface area contributed by atoms with Crippen molar-refractivity contribution in [3.8, 4) is 5.75 Å². The molecule has 2 aromatic rings. The first-order chi connectivity index (χ1) is 14.2. The Hall–Kier alpha value is -1.74. The summed E-state index contributed by atoms with van der Waals surface area (Å²) in [4.78, 5) is 5.57. The monoisotopic (exact) mass is 455 g/mol. The van der Waals surface area contributed by atoms with Gasteiger partial charge in [0, 0.05) is 10.4 Å². The highest BCUT2D eigenvalue weighted by Crippen LogP contribution is 2.64. The molecular formula is C21H20ClF2NO4S. The van der Waals surface area contributed by atoms with Gasteiger partial charge in [-0.1, -0.05) is 24.9 Å². The lowest BCUT2D eigenvalue weighted by Gasteiger charge is -2.59. The highest BCUT2D eigenvalue weighted by molar-refractivity contribution is 7.92. The van der Waals surface area contributed by atoms with Gasteiger partial charge in [0.2, 0.25) is 0 Å². The quantitative estimate of drug-likeness (QED) is 0.737. The zero-order valence-corrected chi connectivity index (χ0v) is 17.7. The Labute approximate surface area is 178 Å². The van der Waals surface area contributed by atoms with E-state index in [1.54, 1.807) is 0 Å². The molecule has 0 bridgehead atoms. The van der Waals surface area contributed by atoms with Gasteiger partial charge in [-0.15, -0.1) is 0 Å². The fourth-order valence-corrected chi connectivity index (χ4v) is 8.26. The largest absolute Gasteiger partial charge is 0.488 e. The molecule has 9 heteroatoms. The van der Waals surface area contributed by atoms with Crippen molar-refractivity contribution in [3.63, 3.8) is 0 Å². The van der Waals surface area contributed by atoms with Crippen molar-refractivity contribution < 1.29 is 26.8 Å². The Bertz CT molecular complexity index is 1140. The molecule has 30 heavy (non-hydrogen) atoms. The van der Waals surface area contributed by atoms with Crippen LogP contribution >= 0.6 is 11.6 Å². The first kappa shape index (κ1) is 20.2. The molecule has 160 valence electrons. The molecule has 0 radical (unpaired) electrons. The first-order valence-corrected chi connectivity index (χ1v) is 11.6. The van der Waals surface area contributed by atoms with Crippen molar-refractivity contribution in [1.29, 1.82) is 0 Å². The number of fused-ring (bicyclic) bond motifs is 2. The Morgan fingerprint density at radius 2 is 1.73 bits per heavy atom. The van der Waals surface area contributed by atoms with Crippen molar-refractivity contribution >= 4 is 21.4 Å². The summed E-state index contributed by atoms with van der Waals surface area (Å²) in [6.45, 7) is 1.98. The second-order valence-electron chi connectivity index (χ2n) is 8.52. The van der Waals surface area contributed by atoms with Crippen LogP contribution in [0.5, 0.6) is 5.75 Å². The van der Waals surface area contributed by atoms with Gasteiger partial charge >= 0.3 is 0 Å². The molecule has 0 amide bonds. The van der Waals surface area contributed by atoms with Crippen molar-refractivity contribution in [2.75, 3.05) is 13.2 Å². The lowest BCUT2D eigenvalue weighted by atomic mass is 9.55. The van der Waals surface area contributed by atoms with E-state index in [2.05, 4.69) is 5.48 Å². The van der Waals surface area contributed by atoms with Crippen LogP contribution in [0.25, 0.3) is 0 Å². The van der Waals surface area contributed by atoms with Crippen LogP contribution in [-0.2, 0) is 19.4 Å². The summed E-state index contributed by atoms with van der Waals surface area (Å²) in [6, 6.07) is 7.65. The number of ether oxygens (including phenoxy) is 1. The molecule has 1 N–H and O–H groups in total. The van der Waals surface area contributed by atoms with E-state index >= 15 is 4.39 Å². The van der Waals surface area contributed by atoms with Gasteiger partial charge in [0.25, 0.3) is 0 Å². The van der Waals surface area contributed by atoms with Gasteiger partial charge in [-0.3, -0.25) is 0 Å². The fraction of sp³-hybridized carbons (Fsp3) is 0.429. The minimum absolute atomic E-state index is 0.0132. The Kier molecular flexibility index (Phi) is 4.29. The van der Waals surface area contributed by atoms with Gasteiger partial charge in [0.05, 0.1) is 17.1 Å². The Morgan fingerprint density at radius 1 is 1.03 bits per heavy atom. The van der Waals surface area contributed by atoms with Crippen LogP contribution in [0.1, 0.15) is 31.7 Å². The number of benzene rings is 2. The molecule has 5 rings (SSSR count). The molecule has 1 saturated carbocycles. The lowest BCUT2D eigenvalue weighted by molar-refractivity contribution is -0.0265. The summed E-state index contributed by atoms with van der Waals surface area (Å²) < 4.78 is 62.5. The normalized spacial score (nSPS) is 32.7. The zero-order chi connectivity index (χ0) is 21.4. The number of nitrogens with one attached hydrogen (secondary N) is 1. The van der Waals surface area contributed by atoms with Gasteiger partial charge < -0.3 is 9.57 Å². The molecule has 1 spiro atoms. The molecule has 0 aromatic heterocycles. The van der Waals surface area contributed by atoms with Crippen molar-refractivity contribution in [3.05, 3.63) is 58.6 Å². The second-order valence-corrected chi connectivity index (χ2v) is 11.1. The molecular weight excluding hydrogens is 436 g/mol. The van der Waals surface area contributed by atoms with Crippen LogP contribution in [0.3, 0.4) is 0 Å². The van der Waals surface area contributed by atoms with Gasteiger partial charge in [0.1, 0.15) is 22.7 Å².